The molecule has 0 spiro atoms. The van der Waals surface area contributed by atoms with Crippen LogP contribution >= 0.6 is 0 Å². The molecule has 1 atom stereocenters. The van der Waals surface area contributed by atoms with Crippen LogP contribution in [0.5, 0.6) is 0 Å². The van der Waals surface area contributed by atoms with Crippen LogP contribution in [-0.4, -0.2) is 37.8 Å². The summed E-state index contributed by atoms with van der Waals surface area (Å²) in [5, 5.41) is 3.20. The maximum atomic E-state index is 5.59. The Morgan fingerprint density at radius 1 is 1.59 bits per heavy atom. The zero-order chi connectivity index (χ0) is 12.3. The summed E-state index contributed by atoms with van der Waals surface area (Å²) in [6.45, 7) is 7.75. The van der Waals surface area contributed by atoms with Gasteiger partial charge in [0.25, 0.3) is 0 Å². The Balaban J connectivity index is 2.25. The third-order valence-corrected chi connectivity index (χ3v) is 3.05. The van der Waals surface area contributed by atoms with Crippen molar-refractivity contribution in [3.63, 3.8) is 0 Å². The molecule has 1 saturated heterocycles. The van der Waals surface area contributed by atoms with Gasteiger partial charge in [0.05, 0.1) is 12.7 Å². The predicted octanol–water partition coefficient (Wildman–Crippen LogP) is 1.33. The highest BCUT2D eigenvalue weighted by molar-refractivity contribution is 5.54. The van der Waals surface area contributed by atoms with Crippen molar-refractivity contribution in [2.24, 2.45) is 0 Å². The van der Waals surface area contributed by atoms with Gasteiger partial charge in [-0.25, -0.2) is 0 Å². The minimum Gasteiger partial charge on any atom is -0.375 e. The van der Waals surface area contributed by atoms with E-state index in [-0.39, 0.29) is 0 Å². The third-order valence-electron chi connectivity index (χ3n) is 3.05. The molecule has 17 heavy (non-hydrogen) atoms. The van der Waals surface area contributed by atoms with E-state index >= 15 is 0 Å². The number of rotatable bonds is 3. The van der Waals surface area contributed by atoms with Gasteiger partial charge < -0.3 is 15.0 Å². The first-order valence-electron chi connectivity index (χ1n) is 6.17. The van der Waals surface area contributed by atoms with Gasteiger partial charge >= 0.3 is 0 Å². The van der Waals surface area contributed by atoms with E-state index in [0.717, 1.165) is 31.9 Å². The van der Waals surface area contributed by atoms with Crippen molar-refractivity contribution in [2.75, 3.05) is 31.6 Å². The molecule has 1 unspecified atom stereocenters. The number of hydrogen-bond acceptors (Lipinski definition) is 4. The molecule has 0 bridgehead atoms. The summed E-state index contributed by atoms with van der Waals surface area (Å²) < 4.78 is 5.59. The van der Waals surface area contributed by atoms with E-state index in [1.54, 1.807) is 0 Å². The molecule has 4 heteroatoms. The summed E-state index contributed by atoms with van der Waals surface area (Å²) >= 11 is 0. The van der Waals surface area contributed by atoms with E-state index in [4.69, 9.17) is 4.74 Å². The number of aromatic nitrogens is 1. The Hall–Kier alpha value is -1.13. The van der Waals surface area contributed by atoms with Gasteiger partial charge in [0.15, 0.2) is 0 Å². The molecule has 1 aliphatic heterocycles. The molecular weight excluding hydrogens is 214 g/mol. The van der Waals surface area contributed by atoms with Crippen molar-refractivity contribution in [3.05, 3.63) is 23.5 Å². The number of anilines is 1. The van der Waals surface area contributed by atoms with Crippen LogP contribution in [0.3, 0.4) is 0 Å². The number of ether oxygens (including phenoxy) is 1. The van der Waals surface area contributed by atoms with Crippen molar-refractivity contribution in [1.29, 1.82) is 0 Å². The summed E-state index contributed by atoms with van der Waals surface area (Å²) in [6.07, 6.45) is 2.28. The number of aryl methyl sites for hydroxylation is 1. The number of nitrogens with zero attached hydrogens (tertiary/aromatic N) is 2. The predicted molar refractivity (Wildman–Crippen MR) is 69.4 cm³/mol. The normalized spacial score (nSPS) is 20.6. The highest BCUT2D eigenvalue weighted by Gasteiger charge is 2.19. The van der Waals surface area contributed by atoms with Crippen LogP contribution in [0.4, 0.5) is 5.69 Å². The summed E-state index contributed by atoms with van der Waals surface area (Å²) in [7, 11) is 1.96. The maximum Gasteiger partial charge on any atom is 0.0722 e. The van der Waals surface area contributed by atoms with Crippen LogP contribution in [-0.2, 0) is 11.3 Å². The fraction of sp³-hybridized carbons (Fsp3) is 0.615. The van der Waals surface area contributed by atoms with Crippen LogP contribution in [0.1, 0.15) is 18.2 Å². The maximum absolute atomic E-state index is 5.59. The molecule has 1 aromatic rings. The highest BCUT2D eigenvalue weighted by atomic mass is 16.5. The monoisotopic (exact) mass is 235 g/mol. The van der Waals surface area contributed by atoms with Crippen LogP contribution in [0, 0.1) is 6.92 Å². The van der Waals surface area contributed by atoms with Crippen LogP contribution < -0.4 is 10.2 Å². The van der Waals surface area contributed by atoms with E-state index in [1.807, 2.05) is 20.2 Å². The first-order valence-corrected chi connectivity index (χ1v) is 6.17. The molecule has 2 heterocycles. The average Bonchev–Trinajstić information content (AvgIpc) is 2.32. The van der Waals surface area contributed by atoms with E-state index < -0.39 is 0 Å². The molecule has 1 N–H and O–H groups in total. The summed E-state index contributed by atoms with van der Waals surface area (Å²) in [5.74, 6) is 0. The smallest absolute Gasteiger partial charge is 0.0722 e. The van der Waals surface area contributed by atoms with Gasteiger partial charge in [0, 0.05) is 42.8 Å². The standard InChI is InChI=1S/C13H21N3O/c1-10-6-13(12(7-14-3)8-15-10)16-4-5-17-11(2)9-16/h6,8,11,14H,4-5,7,9H2,1-3H3. The van der Waals surface area contributed by atoms with Gasteiger partial charge in [0.1, 0.15) is 0 Å². The van der Waals surface area contributed by atoms with Crippen LogP contribution in [0.25, 0.3) is 0 Å². The van der Waals surface area contributed by atoms with Crippen molar-refractivity contribution >= 4 is 5.69 Å². The second-order valence-corrected chi connectivity index (χ2v) is 4.61. The number of morpholine rings is 1. The van der Waals surface area contributed by atoms with E-state index in [0.29, 0.717) is 6.10 Å². The van der Waals surface area contributed by atoms with Crippen molar-refractivity contribution in [2.45, 2.75) is 26.5 Å². The molecule has 1 fully saturated rings. The number of pyridine rings is 1. The molecule has 94 valence electrons. The molecule has 0 aliphatic carbocycles. The topological polar surface area (TPSA) is 37.4 Å². The molecule has 0 saturated carbocycles. The Kier molecular flexibility index (Phi) is 3.97. The van der Waals surface area contributed by atoms with Gasteiger partial charge in [-0.15, -0.1) is 0 Å². The molecule has 4 nitrogen and oxygen atoms in total. The largest absolute Gasteiger partial charge is 0.375 e. The van der Waals surface area contributed by atoms with Crippen LogP contribution in [0.15, 0.2) is 12.3 Å². The second kappa shape index (κ2) is 5.47. The van der Waals surface area contributed by atoms with E-state index in [9.17, 15) is 0 Å². The lowest BCUT2D eigenvalue weighted by atomic mass is 10.1. The lowest BCUT2D eigenvalue weighted by molar-refractivity contribution is 0.0531. The molecule has 0 aromatic carbocycles. The second-order valence-electron chi connectivity index (χ2n) is 4.61. The Labute approximate surface area is 103 Å². The Morgan fingerprint density at radius 3 is 3.12 bits per heavy atom. The summed E-state index contributed by atoms with van der Waals surface area (Å²) in [4.78, 5) is 6.77. The Morgan fingerprint density at radius 2 is 2.41 bits per heavy atom. The number of hydrogen-bond donors (Lipinski definition) is 1. The molecule has 0 radical (unpaired) electrons. The third kappa shape index (κ3) is 2.96. The minimum absolute atomic E-state index is 0.305. The molecule has 2 rings (SSSR count). The van der Waals surface area contributed by atoms with Gasteiger partial charge in [-0.05, 0) is 27.0 Å². The molecule has 1 aliphatic rings. The molecule has 1 aromatic heterocycles. The lowest BCUT2D eigenvalue weighted by Gasteiger charge is -2.34. The van der Waals surface area contributed by atoms with Crippen molar-refractivity contribution < 1.29 is 4.74 Å². The summed E-state index contributed by atoms with van der Waals surface area (Å²) in [6, 6.07) is 2.17. The summed E-state index contributed by atoms with van der Waals surface area (Å²) in [5.41, 5.74) is 3.62. The van der Waals surface area contributed by atoms with Crippen LogP contribution in [0.2, 0.25) is 0 Å². The lowest BCUT2D eigenvalue weighted by Crippen LogP contribution is -2.41. The first-order chi connectivity index (χ1) is 8.20. The van der Waals surface area contributed by atoms with Crippen molar-refractivity contribution in [1.82, 2.24) is 10.3 Å². The fourth-order valence-electron chi connectivity index (χ4n) is 2.23. The highest BCUT2D eigenvalue weighted by Crippen LogP contribution is 2.23. The molecule has 0 amide bonds. The van der Waals surface area contributed by atoms with Gasteiger partial charge in [-0.3, -0.25) is 4.98 Å². The zero-order valence-electron chi connectivity index (χ0n) is 10.9. The van der Waals surface area contributed by atoms with Gasteiger partial charge in [0.2, 0.25) is 0 Å². The SMILES string of the molecule is CNCc1cnc(C)cc1N1CCOC(C)C1. The minimum atomic E-state index is 0.305. The molecular formula is C13H21N3O. The van der Waals surface area contributed by atoms with E-state index in [2.05, 4.69) is 28.2 Å². The fourth-order valence-corrected chi connectivity index (χ4v) is 2.23. The number of nitrogens with one attached hydrogen (secondary N) is 1. The zero-order valence-corrected chi connectivity index (χ0v) is 10.9. The average molecular weight is 235 g/mol. The quantitative estimate of drug-likeness (QED) is 0.858. The van der Waals surface area contributed by atoms with Gasteiger partial charge in [-0.2, -0.15) is 0 Å². The first kappa shape index (κ1) is 12.3. The van der Waals surface area contributed by atoms with E-state index in [1.165, 1.54) is 11.3 Å². The van der Waals surface area contributed by atoms with Crippen molar-refractivity contribution in [3.8, 4) is 0 Å². The van der Waals surface area contributed by atoms with Gasteiger partial charge in [-0.1, -0.05) is 0 Å². The Bertz CT molecular complexity index is 381.